The van der Waals surface area contributed by atoms with Crippen LogP contribution in [0.1, 0.15) is 189 Å². The highest BCUT2D eigenvalue weighted by molar-refractivity contribution is 6.05. The van der Waals surface area contributed by atoms with E-state index in [9.17, 15) is 24.6 Å². The van der Waals surface area contributed by atoms with Crippen molar-refractivity contribution in [2.45, 2.75) is 242 Å². The fourth-order valence-corrected chi connectivity index (χ4v) is 12.1. The maximum atomic E-state index is 14.3. The molecule has 64 heavy (non-hydrogen) atoms. The minimum Gasteiger partial charge on any atom is -0.462 e. The molecule has 12 atom stereocenters. The topological polar surface area (TPSA) is 150 Å². The Labute approximate surface area is 384 Å². The number of unbranched alkanes of at least 4 members (excludes halogenated alkanes) is 20. The zero-order chi connectivity index (χ0) is 46.2. The van der Waals surface area contributed by atoms with Gasteiger partial charge < -0.3 is 38.6 Å². The van der Waals surface area contributed by atoms with E-state index in [2.05, 4.69) is 26.5 Å². The molecule has 3 aliphatic heterocycles. The van der Waals surface area contributed by atoms with Crippen molar-refractivity contribution in [1.82, 2.24) is 0 Å². The van der Waals surface area contributed by atoms with Crippen LogP contribution in [0.25, 0.3) is 0 Å². The molecule has 3 saturated heterocycles. The van der Waals surface area contributed by atoms with Crippen LogP contribution in [0.15, 0.2) is 48.1 Å². The van der Waals surface area contributed by atoms with Gasteiger partial charge in [0.25, 0.3) is 0 Å². The van der Waals surface area contributed by atoms with Gasteiger partial charge in [-0.3, -0.25) is 14.4 Å². The van der Waals surface area contributed by atoms with Crippen LogP contribution in [0.5, 0.6) is 0 Å². The van der Waals surface area contributed by atoms with Gasteiger partial charge in [0.1, 0.15) is 31.0 Å². The Kier molecular flexibility index (Phi) is 17.4. The number of epoxide rings is 1. The molecule has 0 aromatic rings. The van der Waals surface area contributed by atoms with E-state index in [1.54, 1.807) is 26.0 Å². The van der Waals surface area contributed by atoms with Crippen LogP contribution in [-0.4, -0.2) is 87.3 Å². The largest absolute Gasteiger partial charge is 0.462 e. The van der Waals surface area contributed by atoms with Crippen molar-refractivity contribution in [2.75, 3.05) is 6.61 Å². The van der Waals surface area contributed by atoms with Crippen molar-refractivity contribution < 1.29 is 53.0 Å². The van der Waals surface area contributed by atoms with Gasteiger partial charge >= 0.3 is 17.9 Å². The van der Waals surface area contributed by atoms with E-state index in [0.29, 0.717) is 12.0 Å². The van der Waals surface area contributed by atoms with Crippen molar-refractivity contribution in [1.29, 1.82) is 0 Å². The van der Waals surface area contributed by atoms with Crippen molar-refractivity contribution in [2.24, 2.45) is 17.8 Å². The molecule has 6 aliphatic rings. The molecule has 5 fully saturated rings. The number of Topliss-reactive ketones (excluding diaryl/α,β-unsaturated/α-hetero) is 1. The smallest absolute Gasteiger partial charge is 0.307 e. The standard InChI is InChI=1S/C53H82O11/c1-8-10-12-14-16-18-20-22-23-25-27-29-31-33-42(55)59-36-49-46(61-49)43-47-52(37(3)4)45(60-40(7)54)39(6)53(43,41-35-38(5)44(56)51(41,58)48(49)57)64-50(62-47,63-52)34-32-30-28-26-24-21-19-17-15-13-11-9-2/h28,30,32,34-35,39,41,43,45-48,57-58H,3,8-27,29,31,33,36H2,1-2,4-7H3. The SMILES string of the molecule is C=C(C)C12OC3(C=CC=CCCCCCCCCCC)OC1C1C4OC4(COC(=O)CCCCCCCCCCCCCCC)C(O)C4(O)C(=O)C(C)=CC4C1(O3)C(C)C2OC(C)=O. The molecule has 360 valence electrons. The molecular formula is C53H82O11. The second-order valence-electron chi connectivity index (χ2n) is 20.2. The molecule has 6 rings (SSSR count). The lowest BCUT2D eigenvalue weighted by molar-refractivity contribution is -0.407. The molecule has 12 unspecified atom stereocenters. The van der Waals surface area contributed by atoms with E-state index in [1.165, 1.54) is 110 Å². The third kappa shape index (κ3) is 9.83. The molecule has 0 aromatic carbocycles. The molecular weight excluding hydrogens is 813 g/mol. The molecule has 11 heteroatoms. The highest BCUT2D eigenvalue weighted by Crippen LogP contribution is 2.73. The fourth-order valence-electron chi connectivity index (χ4n) is 12.1. The molecule has 2 N–H and O–H groups in total. The summed E-state index contributed by atoms with van der Waals surface area (Å²) in [6.45, 7) is 15.0. The lowest BCUT2D eigenvalue weighted by atomic mass is 9.53. The van der Waals surface area contributed by atoms with E-state index in [0.717, 1.165) is 32.1 Å². The Morgan fingerprint density at radius 3 is 1.92 bits per heavy atom. The highest BCUT2D eigenvalue weighted by atomic mass is 16.9. The number of aliphatic hydroxyl groups excluding tert-OH is 1. The zero-order valence-corrected chi connectivity index (χ0v) is 40.2. The summed E-state index contributed by atoms with van der Waals surface area (Å²) in [6.07, 6.45) is 31.1. The number of ketones is 1. The van der Waals surface area contributed by atoms with Gasteiger partial charge in [-0.1, -0.05) is 174 Å². The fraction of sp³-hybridized carbons (Fsp3) is 0.792. The summed E-state index contributed by atoms with van der Waals surface area (Å²) in [6, 6.07) is 0. The maximum absolute atomic E-state index is 14.3. The van der Waals surface area contributed by atoms with Gasteiger partial charge in [-0.05, 0) is 44.3 Å². The van der Waals surface area contributed by atoms with Gasteiger partial charge in [-0.25, -0.2) is 0 Å². The van der Waals surface area contributed by atoms with Crippen molar-refractivity contribution >= 4 is 17.7 Å². The maximum Gasteiger partial charge on any atom is 0.307 e. The molecule has 0 aromatic heterocycles. The van der Waals surface area contributed by atoms with Crippen molar-refractivity contribution in [3.63, 3.8) is 0 Å². The summed E-state index contributed by atoms with van der Waals surface area (Å²) in [7, 11) is 0. The molecule has 2 saturated carbocycles. The van der Waals surface area contributed by atoms with Gasteiger partial charge in [-0.2, -0.15) is 0 Å². The van der Waals surface area contributed by atoms with E-state index in [-0.39, 0.29) is 18.6 Å². The second kappa shape index (κ2) is 22.0. The summed E-state index contributed by atoms with van der Waals surface area (Å²) in [4.78, 5) is 40.5. The zero-order valence-electron chi connectivity index (χ0n) is 40.2. The van der Waals surface area contributed by atoms with Crippen LogP contribution in [0, 0.1) is 17.8 Å². The molecule has 0 radical (unpaired) electrons. The number of allylic oxidation sites excluding steroid dienone is 3. The Balaban J connectivity index is 1.17. The van der Waals surface area contributed by atoms with Crippen LogP contribution in [-0.2, 0) is 42.8 Å². The number of carbonyl (C=O) groups is 3. The summed E-state index contributed by atoms with van der Waals surface area (Å²) in [5, 5.41) is 25.3. The summed E-state index contributed by atoms with van der Waals surface area (Å²) < 4.78 is 39.6. The Bertz CT molecular complexity index is 1720. The van der Waals surface area contributed by atoms with Crippen LogP contribution >= 0.6 is 0 Å². The number of ether oxygens (including phenoxy) is 6. The molecule has 0 spiro atoms. The van der Waals surface area contributed by atoms with Gasteiger partial charge in [0.2, 0.25) is 0 Å². The van der Waals surface area contributed by atoms with Gasteiger partial charge in [0, 0.05) is 37.2 Å². The van der Waals surface area contributed by atoms with E-state index >= 15 is 0 Å². The normalized spacial score (nSPS) is 36.8. The van der Waals surface area contributed by atoms with Crippen LogP contribution in [0.4, 0.5) is 0 Å². The Hall–Kier alpha value is -2.67. The van der Waals surface area contributed by atoms with E-state index in [4.69, 9.17) is 28.4 Å². The van der Waals surface area contributed by atoms with Crippen molar-refractivity contribution in [3.8, 4) is 0 Å². The van der Waals surface area contributed by atoms with Crippen LogP contribution < -0.4 is 0 Å². The third-order valence-corrected chi connectivity index (χ3v) is 15.5. The minimum atomic E-state index is -2.44. The first-order chi connectivity index (χ1) is 30.7. The quantitative estimate of drug-likeness (QED) is 0.0243. The summed E-state index contributed by atoms with van der Waals surface area (Å²) in [5.41, 5.74) is -6.31. The third-order valence-electron chi connectivity index (χ3n) is 15.5. The average molecular weight is 895 g/mol. The summed E-state index contributed by atoms with van der Waals surface area (Å²) >= 11 is 0. The number of fused-ring (bicyclic) bond motifs is 3. The average Bonchev–Trinajstić information content (AvgIpc) is 3.88. The Morgan fingerprint density at radius 1 is 0.797 bits per heavy atom. The second-order valence-corrected chi connectivity index (χ2v) is 20.2. The number of carbonyl (C=O) groups excluding carboxylic acids is 3. The number of hydrogen-bond donors (Lipinski definition) is 2. The lowest BCUT2D eigenvalue weighted by Crippen LogP contribution is -2.76. The van der Waals surface area contributed by atoms with Crippen LogP contribution in [0.3, 0.4) is 0 Å². The van der Waals surface area contributed by atoms with E-state index < -0.39 is 88.3 Å². The number of rotatable bonds is 29. The highest BCUT2D eigenvalue weighted by Gasteiger charge is 2.90. The predicted octanol–water partition coefficient (Wildman–Crippen LogP) is 10.4. The first kappa shape index (κ1) is 50.7. The molecule has 11 nitrogen and oxygen atoms in total. The molecule has 3 bridgehead atoms. The monoisotopic (exact) mass is 895 g/mol. The number of hydrogen-bond acceptors (Lipinski definition) is 11. The van der Waals surface area contributed by atoms with Crippen molar-refractivity contribution in [3.05, 3.63) is 48.1 Å². The number of esters is 2. The lowest BCUT2D eigenvalue weighted by Gasteiger charge is -2.61. The van der Waals surface area contributed by atoms with Gasteiger partial charge in [-0.15, -0.1) is 0 Å². The van der Waals surface area contributed by atoms with Crippen LogP contribution in [0.2, 0.25) is 0 Å². The van der Waals surface area contributed by atoms with Gasteiger partial charge in [0.15, 0.2) is 22.6 Å². The Morgan fingerprint density at radius 2 is 1.36 bits per heavy atom. The van der Waals surface area contributed by atoms with Gasteiger partial charge in [0.05, 0.1) is 5.60 Å². The molecule has 0 amide bonds. The van der Waals surface area contributed by atoms with E-state index in [1.807, 2.05) is 19.1 Å². The number of aliphatic hydroxyl groups is 2. The summed E-state index contributed by atoms with van der Waals surface area (Å²) in [5.74, 6) is -6.19. The minimum absolute atomic E-state index is 0.208. The first-order valence-electron chi connectivity index (χ1n) is 25.4. The molecule has 3 aliphatic carbocycles. The molecule has 3 heterocycles. The predicted molar refractivity (Wildman–Crippen MR) is 246 cm³/mol. The first-order valence-corrected chi connectivity index (χ1v) is 25.4.